The van der Waals surface area contributed by atoms with Gasteiger partial charge in [-0.2, -0.15) is 0 Å². The average Bonchev–Trinajstić information content (AvgIpc) is 2.06. The first-order valence-electron chi connectivity index (χ1n) is 4.25. The van der Waals surface area contributed by atoms with E-state index in [1.807, 2.05) is 6.92 Å². The van der Waals surface area contributed by atoms with Crippen LogP contribution in [0.15, 0.2) is 12.7 Å². The van der Waals surface area contributed by atoms with E-state index in [2.05, 4.69) is 6.58 Å². The molecular weight excluding hydrogens is 154 g/mol. The van der Waals surface area contributed by atoms with Gasteiger partial charge in [0.05, 0.1) is 12.1 Å². The maximum absolute atomic E-state index is 11.3. The van der Waals surface area contributed by atoms with Crippen LogP contribution in [0.2, 0.25) is 0 Å². The molecule has 2 atom stereocenters. The molecule has 3 nitrogen and oxygen atoms in total. The Balaban J connectivity index is 2.64. The second-order valence-corrected chi connectivity index (χ2v) is 3.18. The minimum Gasteiger partial charge on any atom is -0.391 e. The molecular formula is C9H15NO2. The van der Waals surface area contributed by atoms with Crippen LogP contribution < -0.4 is 0 Å². The zero-order chi connectivity index (χ0) is 9.14. The van der Waals surface area contributed by atoms with Gasteiger partial charge < -0.3 is 10.0 Å². The number of carbonyl (C=O) groups excluding carboxylic acids is 1. The molecule has 0 aliphatic carbocycles. The molecule has 0 radical (unpaired) electrons. The van der Waals surface area contributed by atoms with Crippen molar-refractivity contribution in [2.24, 2.45) is 0 Å². The maximum Gasteiger partial charge on any atom is 0.223 e. The summed E-state index contributed by atoms with van der Waals surface area (Å²) in [7, 11) is 0. The van der Waals surface area contributed by atoms with Gasteiger partial charge >= 0.3 is 0 Å². The van der Waals surface area contributed by atoms with Crippen LogP contribution in [0.25, 0.3) is 0 Å². The Hall–Kier alpha value is -0.830. The molecule has 0 aromatic heterocycles. The number of piperidine rings is 1. The van der Waals surface area contributed by atoms with Crippen molar-refractivity contribution >= 4 is 5.91 Å². The number of rotatable bonds is 2. The summed E-state index contributed by atoms with van der Waals surface area (Å²) in [6, 6.07) is -0.0655. The molecule has 0 aromatic carbocycles. The molecule has 0 aromatic rings. The van der Waals surface area contributed by atoms with E-state index in [1.165, 1.54) is 0 Å². The van der Waals surface area contributed by atoms with Crippen molar-refractivity contribution in [3.05, 3.63) is 12.7 Å². The summed E-state index contributed by atoms with van der Waals surface area (Å²) in [6.07, 6.45) is 2.36. The molecule has 0 spiro atoms. The lowest BCUT2D eigenvalue weighted by atomic mass is 10.00. The Morgan fingerprint density at radius 2 is 2.50 bits per heavy atom. The Bertz CT molecular complexity index is 191. The summed E-state index contributed by atoms with van der Waals surface area (Å²) in [5, 5.41) is 9.46. The summed E-state index contributed by atoms with van der Waals surface area (Å²) in [6.45, 7) is 5.98. The molecule has 1 aliphatic rings. The maximum atomic E-state index is 11.3. The van der Waals surface area contributed by atoms with Crippen molar-refractivity contribution in [3.63, 3.8) is 0 Å². The lowest BCUT2D eigenvalue weighted by molar-refractivity contribution is -0.140. The van der Waals surface area contributed by atoms with Gasteiger partial charge in [-0.3, -0.25) is 4.79 Å². The number of likely N-dealkylation sites (tertiary alicyclic amines) is 1. The van der Waals surface area contributed by atoms with Gasteiger partial charge in [0.25, 0.3) is 0 Å². The van der Waals surface area contributed by atoms with Gasteiger partial charge in [0.15, 0.2) is 0 Å². The number of aliphatic hydroxyl groups excluding tert-OH is 1. The molecule has 1 saturated heterocycles. The van der Waals surface area contributed by atoms with Crippen LogP contribution in [0.5, 0.6) is 0 Å². The quantitative estimate of drug-likeness (QED) is 0.613. The highest BCUT2D eigenvalue weighted by molar-refractivity contribution is 5.77. The first-order valence-corrected chi connectivity index (χ1v) is 4.25. The molecule has 1 rings (SSSR count). The Labute approximate surface area is 72.7 Å². The molecule has 68 valence electrons. The lowest BCUT2D eigenvalue weighted by Crippen LogP contribution is -2.49. The van der Waals surface area contributed by atoms with Crippen LogP contribution in [0.4, 0.5) is 0 Å². The summed E-state index contributed by atoms with van der Waals surface area (Å²) >= 11 is 0. The van der Waals surface area contributed by atoms with Crippen LogP contribution in [0.3, 0.4) is 0 Å². The molecule has 0 bridgehead atoms. The standard InChI is InChI=1S/C9H15NO2/c1-3-6-10-7(2)8(11)4-5-9(10)12/h3,7-8,11H,1,4-6H2,2H3/t7-,8+/m1/s1. The Morgan fingerprint density at radius 1 is 1.83 bits per heavy atom. The van der Waals surface area contributed by atoms with E-state index in [9.17, 15) is 9.90 Å². The van der Waals surface area contributed by atoms with Crippen molar-refractivity contribution in [1.82, 2.24) is 4.90 Å². The highest BCUT2D eigenvalue weighted by Crippen LogP contribution is 2.17. The number of hydrogen-bond acceptors (Lipinski definition) is 2. The highest BCUT2D eigenvalue weighted by Gasteiger charge is 2.30. The van der Waals surface area contributed by atoms with Crippen molar-refractivity contribution in [1.29, 1.82) is 0 Å². The monoisotopic (exact) mass is 169 g/mol. The molecule has 1 fully saturated rings. The fourth-order valence-electron chi connectivity index (χ4n) is 1.50. The van der Waals surface area contributed by atoms with Gasteiger partial charge in [0, 0.05) is 13.0 Å². The van der Waals surface area contributed by atoms with Gasteiger partial charge in [0.1, 0.15) is 0 Å². The third kappa shape index (κ3) is 1.67. The molecule has 0 unspecified atom stereocenters. The first-order chi connectivity index (χ1) is 5.66. The van der Waals surface area contributed by atoms with E-state index in [-0.39, 0.29) is 18.1 Å². The summed E-state index contributed by atoms with van der Waals surface area (Å²) in [4.78, 5) is 13.0. The SMILES string of the molecule is C=CCN1C(=O)CC[C@H](O)[C@H]1C. The van der Waals surface area contributed by atoms with Gasteiger partial charge in [-0.1, -0.05) is 6.08 Å². The molecule has 12 heavy (non-hydrogen) atoms. The van der Waals surface area contributed by atoms with Crippen LogP contribution in [-0.4, -0.2) is 34.6 Å². The Kier molecular flexibility index (Phi) is 2.87. The summed E-state index contributed by atoms with van der Waals surface area (Å²) < 4.78 is 0. The third-order valence-electron chi connectivity index (χ3n) is 2.35. The van der Waals surface area contributed by atoms with Crippen LogP contribution in [0, 0.1) is 0 Å². The largest absolute Gasteiger partial charge is 0.391 e. The van der Waals surface area contributed by atoms with Crippen LogP contribution in [-0.2, 0) is 4.79 Å². The van der Waals surface area contributed by atoms with Crippen molar-refractivity contribution in [2.75, 3.05) is 6.54 Å². The number of aliphatic hydroxyl groups is 1. The molecule has 1 amide bonds. The van der Waals surface area contributed by atoms with Crippen molar-refractivity contribution in [2.45, 2.75) is 31.9 Å². The fourth-order valence-corrected chi connectivity index (χ4v) is 1.50. The second kappa shape index (κ2) is 3.72. The smallest absolute Gasteiger partial charge is 0.223 e. The van der Waals surface area contributed by atoms with E-state index in [1.54, 1.807) is 11.0 Å². The third-order valence-corrected chi connectivity index (χ3v) is 2.35. The second-order valence-electron chi connectivity index (χ2n) is 3.18. The predicted octanol–water partition coefficient (Wildman–Crippen LogP) is 0.544. The minimum absolute atomic E-state index is 0.0655. The van der Waals surface area contributed by atoms with Crippen LogP contribution >= 0.6 is 0 Å². The normalized spacial score (nSPS) is 30.5. The number of nitrogens with zero attached hydrogens (tertiary/aromatic N) is 1. The summed E-state index contributed by atoms with van der Waals surface area (Å²) in [5.41, 5.74) is 0. The van der Waals surface area contributed by atoms with Gasteiger partial charge in [-0.05, 0) is 13.3 Å². The van der Waals surface area contributed by atoms with E-state index in [4.69, 9.17) is 0 Å². The zero-order valence-electron chi connectivity index (χ0n) is 7.36. The molecule has 1 heterocycles. The van der Waals surface area contributed by atoms with E-state index >= 15 is 0 Å². The predicted molar refractivity (Wildman–Crippen MR) is 46.6 cm³/mol. The van der Waals surface area contributed by atoms with E-state index < -0.39 is 0 Å². The Morgan fingerprint density at radius 3 is 3.08 bits per heavy atom. The molecule has 1 aliphatic heterocycles. The van der Waals surface area contributed by atoms with Gasteiger partial charge in [-0.15, -0.1) is 6.58 Å². The lowest BCUT2D eigenvalue weighted by Gasteiger charge is -2.36. The number of amides is 1. The van der Waals surface area contributed by atoms with Crippen LogP contribution in [0.1, 0.15) is 19.8 Å². The molecule has 3 heteroatoms. The molecule has 0 saturated carbocycles. The highest BCUT2D eigenvalue weighted by atomic mass is 16.3. The fraction of sp³-hybridized carbons (Fsp3) is 0.667. The number of carbonyl (C=O) groups is 1. The first kappa shape index (κ1) is 9.26. The average molecular weight is 169 g/mol. The van der Waals surface area contributed by atoms with Gasteiger partial charge in [0.2, 0.25) is 5.91 Å². The molecule has 1 N–H and O–H groups in total. The van der Waals surface area contributed by atoms with Gasteiger partial charge in [-0.25, -0.2) is 0 Å². The van der Waals surface area contributed by atoms with E-state index in [0.717, 1.165) is 0 Å². The number of hydrogen-bond donors (Lipinski definition) is 1. The van der Waals surface area contributed by atoms with Crippen molar-refractivity contribution < 1.29 is 9.90 Å². The topological polar surface area (TPSA) is 40.5 Å². The summed E-state index contributed by atoms with van der Waals surface area (Å²) in [5.74, 6) is 0.118. The minimum atomic E-state index is -0.373. The van der Waals surface area contributed by atoms with E-state index in [0.29, 0.717) is 19.4 Å². The zero-order valence-corrected chi connectivity index (χ0v) is 7.36. The van der Waals surface area contributed by atoms with Crippen molar-refractivity contribution in [3.8, 4) is 0 Å².